The standard InChI is InChI=1S/C25H18F2N4OS/c26-18-11-20(27)19-13-29-31(23(19)12-18)14-15-3-5-16(6-4-15)25(32)30-22-10-17(7-8-21(22)28)24-2-1-9-33-24/h1-13H,14,28H2,(H,30,32). The van der Waals surface area contributed by atoms with Crippen molar-refractivity contribution in [2.24, 2.45) is 0 Å². The molecular formula is C25H18F2N4OS. The summed E-state index contributed by atoms with van der Waals surface area (Å²) in [7, 11) is 0. The Bertz CT molecular complexity index is 1460. The van der Waals surface area contributed by atoms with E-state index in [9.17, 15) is 13.6 Å². The molecule has 0 fully saturated rings. The van der Waals surface area contributed by atoms with Crippen LogP contribution in [0.1, 0.15) is 15.9 Å². The predicted octanol–water partition coefficient (Wildman–Crippen LogP) is 5.93. The maximum atomic E-state index is 13.9. The van der Waals surface area contributed by atoms with Crippen LogP contribution in [0.4, 0.5) is 20.2 Å². The first-order valence-corrected chi connectivity index (χ1v) is 11.0. The smallest absolute Gasteiger partial charge is 0.255 e. The molecule has 33 heavy (non-hydrogen) atoms. The summed E-state index contributed by atoms with van der Waals surface area (Å²) in [6.07, 6.45) is 1.38. The van der Waals surface area contributed by atoms with Gasteiger partial charge >= 0.3 is 0 Å². The summed E-state index contributed by atoms with van der Waals surface area (Å²) in [4.78, 5) is 13.9. The van der Waals surface area contributed by atoms with Gasteiger partial charge in [0.1, 0.15) is 11.6 Å². The lowest BCUT2D eigenvalue weighted by Crippen LogP contribution is -2.13. The topological polar surface area (TPSA) is 72.9 Å². The van der Waals surface area contributed by atoms with E-state index in [1.807, 2.05) is 29.6 Å². The normalized spacial score (nSPS) is 11.1. The number of nitrogens with one attached hydrogen (secondary N) is 1. The molecule has 0 aliphatic rings. The summed E-state index contributed by atoms with van der Waals surface area (Å²) in [5, 5.41) is 9.28. The number of halogens is 2. The number of hydrogen-bond donors (Lipinski definition) is 2. The van der Waals surface area contributed by atoms with E-state index < -0.39 is 11.6 Å². The molecule has 5 nitrogen and oxygen atoms in total. The first kappa shape index (κ1) is 20.8. The molecule has 0 unspecified atom stereocenters. The maximum absolute atomic E-state index is 13.9. The van der Waals surface area contributed by atoms with Crippen LogP contribution in [0.5, 0.6) is 0 Å². The zero-order chi connectivity index (χ0) is 22.9. The van der Waals surface area contributed by atoms with E-state index in [1.165, 1.54) is 16.9 Å². The van der Waals surface area contributed by atoms with Gasteiger partial charge in [-0.15, -0.1) is 11.3 Å². The molecule has 3 N–H and O–H groups in total. The van der Waals surface area contributed by atoms with Crippen LogP contribution in [-0.2, 0) is 6.54 Å². The minimum Gasteiger partial charge on any atom is -0.397 e. The molecule has 0 spiro atoms. The van der Waals surface area contributed by atoms with E-state index in [0.717, 1.165) is 22.1 Å². The molecule has 0 bridgehead atoms. The van der Waals surface area contributed by atoms with Gasteiger partial charge in [-0.2, -0.15) is 5.10 Å². The van der Waals surface area contributed by atoms with Crippen molar-refractivity contribution in [3.05, 3.63) is 101 Å². The van der Waals surface area contributed by atoms with Gasteiger partial charge in [-0.25, -0.2) is 8.78 Å². The fraction of sp³-hybridized carbons (Fsp3) is 0.0400. The Morgan fingerprint density at radius 1 is 1.06 bits per heavy atom. The van der Waals surface area contributed by atoms with Crippen LogP contribution in [0.3, 0.4) is 0 Å². The third-order valence-corrected chi connectivity index (χ3v) is 6.25. The zero-order valence-corrected chi connectivity index (χ0v) is 18.1. The molecule has 1 amide bonds. The van der Waals surface area contributed by atoms with Gasteiger partial charge < -0.3 is 11.1 Å². The van der Waals surface area contributed by atoms with Crippen LogP contribution in [-0.4, -0.2) is 15.7 Å². The fourth-order valence-electron chi connectivity index (χ4n) is 3.62. The molecule has 0 saturated carbocycles. The number of nitrogens with two attached hydrogens (primary N) is 1. The number of nitrogen functional groups attached to an aromatic ring is 1. The van der Waals surface area contributed by atoms with Crippen molar-refractivity contribution in [2.45, 2.75) is 6.54 Å². The number of thiophene rings is 1. The lowest BCUT2D eigenvalue weighted by atomic mass is 10.1. The molecule has 0 atom stereocenters. The second kappa shape index (κ2) is 8.48. The number of nitrogens with zero attached hydrogens (tertiary/aromatic N) is 2. The summed E-state index contributed by atoms with van der Waals surface area (Å²) in [6, 6.07) is 18.6. The quantitative estimate of drug-likeness (QED) is 0.320. The molecule has 0 saturated heterocycles. The zero-order valence-electron chi connectivity index (χ0n) is 17.3. The highest BCUT2D eigenvalue weighted by atomic mass is 32.1. The minimum atomic E-state index is -0.656. The van der Waals surface area contributed by atoms with Crippen molar-refractivity contribution in [1.82, 2.24) is 9.78 Å². The van der Waals surface area contributed by atoms with E-state index in [4.69, 9.17) is 5.73 Å². The lowest BCUT2D eigenvalue weighted by Gasteiger charge is -2.11. The largest absolute Gasteiger partial charge is 0.397 e. The molecule has 5 aromatic rings. The average Bonchev–Trinajstić information content (AvgIpc) is 3.47. The molecule has 0 radical (unpaired) electrons. The Morgan fingerprint density at radius 2 is 1.88 bits per heavy atom. The summed E-state index contributed by atoms with van der Waals surface area (Å²) in [5.74, 6) is -1.59. The lowest BCUT2D eigenvalue weighted by molar-refractivity contribution is 0.102. The Kier molecular flexibility index (Phi) is 5.35. The predicted molar refractivity (Wildman–Crippen MR) is 127 cm³/mol. The van der Waals surface area contributed by atoms with Crippen molar-refractivity contribution in [3.63, 3.8) is 0 Å². The van der Waals surface area contributed by atoms with E-state index in [-0.39, 0.29) is 11.3 Å². The van der Waals surface area contributed by atoms with Gasteiger partial charge in [0.2, 0.25) is 0 Å². The molecule has 3 aromatic carbocycles. The molecular weight excluding hydrogens is 442 g/mol. The van der Waals surface area contributed by atoms with Crippen LogP contribution in [0.25, 0.3) is 21.3 Å². The van der Waals surface area contributed by atoms with Gasteiger partial charge in [-0.1, -0.05) is 24.3 Å². The summed E-state index contributed by atoms with van der Waals surface area (Å²) >= 11 is 1.61. The number of rotatable bonds is 5. The Labute approximate surface area is 192 Å². The number of fused-ring (bicyclic) bond motifs is 1. The fourth-order valence-corrected chi connectivity index (χ4v) is 4.34. The van der Waals surface area contributed by atoms with Crippen molar-refractivity contribution >= 4 is 39.5 Å². The van der Waals surface area contributed by atoms with Gasteiger partial charge in [-0.05, 0) is 52.9 Å². The molecule has 5 rings (SSSR count). The monoisotopic (exact) mass is 460 g/mol. The summed E-state index contributed by atoms with van der Waals surface area (Å²) < 4.78 is 29.0. The first-order chi connectivity index (χ1) is 16.0. The molecule has 0 aliphatic heterocycles. The number of hydrogen-bond acceptors (Lipinski definition) is 4. The van der Waals surface area contributed by atoms with Gasteiger partial charge in [0, 0.05) is 16.5 Å². The number of aromatic nitrogens is 2. The second-order valence-electron chi connectivity index (χ2n) is 7.55. The van der Waals surface area contributed by atoms with Gasteiger partial charge in [0.05, 0.1) is 35.0 Å². The number of carbonyl (C=O) groups excluding carboxylic acids is 1. The molecule has 8 heteroatoms. The maximum Gasteiger partial charge on any atom is 0.255 e. The van der Waals surface area contributed by atoms with E-state index in [2.05, 4.69) is 10.4 Å². The Balaban J connectivity index is 1.33. The van der Waals surface area contributed by atoms with Crippen LogP contribution in [0, 0.1) is 11.6 Å². The van der Waals surface area contributed by atoms with Gasteiger partial charge in [-0.3, -0.25) is 9.48 Å². The Hall–Kier alpha value is -4.04. The third-order valence-electron chi connectivity index (χ3n) is 5.33. The van der Waals surface area contributed by atoms with Gasteiger partial charge in [0.15, 0.2) is 0 Å². The van der Waals surface area contributed by atoms with E-state index in [0.29, 0.717) is 29.0 Å². The van der Waals surface area contributed by atoms with E-state index in [1.54, 1.807) is 41.7 Å². The highest BCUT2D eigenvalue weighted by Gasteiger charge is 2.12. The van der Waals surface area contributed by atoms with Crippen LogP contribution < -0.4 is 11.1 Å². The number of amides is 1. The highest BCUT2D eigenvalue weighted by Crippen LogP contribution is 2.30. The SMILES string of the molecule is Nc1ccc(-c2cccs2)cc1NC(=O)c1ccc(Cn2ncc3c(F)cc(F)cc32)cc1. The number of benzene rings is 3. The number of carbonyl (C=O) groups is 1. The summed E-state index contributed by atoms with van der Waals surface area (Å²) in [5.41, 5.74) is 9.72. The van der Waals surface area contributed by atoms with Gasteiger partial charge in [0.25, 0.3) is 5.91 Å². The van der Waals surface area contributed by atoms with Crippen molar-refractivity contribution in [2.75, 3.05) is 11.1 Å². The molecule has 164 valence electrons. The average molecular weight is 461 g/mol. The minimum absolute atomic E-state index is 0.259. The molecule has 0 aliphatic carbocycles. The highest BCUT2D eigenvalue weighted by molar-refractivity contribution is 7.13. The van der Waals surface area contributed by atoms with Crippen LogP contribution in [0.15, 0.2) is 78.3 Å². The van der Waals surface area contributed by atoms with Crippen LogP contribution in [0.2, 0.25) is 0 Å². The first-order valence-electron chi connectivity index (χ1n) is 10.1. The van der Waals surface area contributed by atoms with Crippen molar-refractivity contribution in [3.8, 4) is 10.4 Å². The van der Waals surface area contributed by atoms with E-state index >= 15 is 0 Å². The van der Waals surface area contributed by atoms with Crippen molar-refractivity contribution in [1.29, 1.82) is 0 Å². The number of anilines is 2. The summed E-state index contributed by atoms with van der Waals surface area (Å²) in [6.45, 7) is 0.310. The Morgan fingerprint density at radius 3 is 2.64 bits per heavy atom. The molecule has 2 aromatic heterocycles. The third kappa shape index (κ3) is 4.20. The second-order valence-corrected chi connectivity index (χ2v) is 8.50. The van der Waals surface area contributed by atoms with Crippen LogP contribution >= 0.6 is 11.3 Å². The molecule has 2 heterocycles. The van der Waals surface area contributed by atoms with Crippen molar-refractivity contribution < 1.29 is 13.6 Å².